The van der Waals surface area contributed by atoms with Crippen molar-refractivity contribution in [1.29, 1.82) is 0 Å². The van der Waals surface area contributed by atoms with Crippen molar-refractivity contribution < 1.29 is 51.8 Å². The van der Waals surface area contributed by atoms with Gasteiger partial charge in [-0.3, -0.25) is 9.35 Å². The fraction of sp³-hybridized carbons (Fsp3) is 0.979. The first-order valence-electron chi connectivity index (χ1n) is 25.4. The maximum Gasteiger partial charge on any atom is 0.397 e. The average molecular weight is 894 g/mol. The van der Waals surface area contributed by atoms with Crippen molar-refractivity contribution in [2.45, 2.75) is 288 Å². The van der Waals surface area contributed by atoms with Crippen molar-refractivity contribution in [3.63, 3.8) is 0 Å². The molecule has 61 heavy (non-hydrogen) atoms. The van der Waals surface area contributed by atoms with Gasteiger partial charge in [0.2, 0.25) is 5.91 Å². The fourth-order valence-corrected chi connectivity index (χ4v) is 8.97. The van der Waals surface area contributed by atoms with Gasteiger partial charge in [0, 0.05) is 6.42 Å². The number of unbranched alkanes of at least 4 members (excludes halogenated alkanes) is 32. The number of hydrogen-bond donors (Lipinski definition) is 6. The topological polar surface area (TPSA) is 192 Å². The summed E-state index contributed by atoms with van der Waals surface area (Å²) in [7, 11) is -5.07. The largest absolute Gasteiger partial charge is 0.397 e. The van der Waals surface area contributed by atoms with Gasteiger partial charge in [-0.15, -0.1) is 0 Å². The molecule has 0 aromatic rings. The van der Waals surface area contributed by atoms with Crippen LogP contribution >= 0.6 is 0 Å². The second kappa shape index (κ2) is 39.5. The van der Waals surface area contributed by atoms with E-state index in [0.29, 0.717) is 12.8 Å². The Balaban J connectivity index is 2.43. The number of ether oxygens (including phenoxy) is 2. The summed E-state index contributed by atoms with van der Waals surface area (Å²) in [6, 6.07) is -0.851. The van der Waals surface area contributed by atoms with E-state index in [0.717, 1.165) is 51.4 Å². The third-order valence-corrected chi connectivity index (χ3v) is 12.9. The van der Waals surface area contributed by atoms with Crippen molar-refractivity contribution in [3.8, 4) is 0 Å². The molecule has 0 aliphatic carbocycles. The minimum atomic E-state index is -5.07. The van der Waals surface area contributed by atoms with Crippen molar-refractivity contribution in [3.05, 3.63) is 0 Å². The molecule has 364 valence electrons. The summed E-state index contributed by atoms with van der Waals surface area (Å²) in [5.41, 5.74) is 0. The number of carbonyl (C=O) groups is 1. The molecule has 1 saturated heterocycles. The molecule has 0 saturated carbocycles. The van der Waals surface area contributed by atoms with E-state index in [2.05, 4.69) is 23.3 Å². The van der Waals surface area contributed by atoms with Gasteiger partial charge in [0.15, 0.2) is 6.29 Å². The lowest BCUT2D eigenvalue weighted by Gasteiger charge is -2.41. The summed E-state index contributed by atoms with van der Waals surface area (Å²) in [5.74, 6) is -0.225. The standard InChI is InChI=1S/C48H95NO11S/c1-3-5-7-9-11-13-15-17-19-20-21-22-24-25-27-29-31-33-35-37-42(51)41(40-58-48-46(54)47(60-61(55,56)57)45(53)43(39-50)59-48)49-44(52)38-36-34-32-30-28-26-23-18-16-14-12-10-8-6-4-2/h41-43,45-48,50-51,53-54H,3-40H2,1-2H3,(H,49,52)(H,55,56,57). The first kappa shape index (κ1) is 58.1. The lowest BCUT2D eigenvalue weighted by atomic mass is 9.99. The summed E-state index contributed by atoms with van der Waals surface area (Å²) in [5, 5.41) is 45.0. The van der Waals surface area contributed by atoms with Gasteiger partial charge >= 0.3 is 10.4 Å². The zero-order valence-corrected chi connectivity index (χ0v) is 39.8. The van der Waals surface area contributed by atoms with Crippen LogP contribution < -0.4 is 5.32 Å². The highest BCUT2D eigenvalue weighted by Gasteiger charge is 2.48. The zero-order chi connectivity index (χ0) is 44.8. The van der Waals surface area contributed by atoms with Gasteiger partial charge in [0.25, 0.3) is 0 Å². The summed E-state index contributed by atoms with van der Waals surface area (Å²) < 4.78 is 47.7. The maximum atomic E-state index is 13.1. The van der Waals surface area contributed by atoms with Gasteiger partial charge in [-0.1, -0.05) is 226 Å². The van der Waals surface area contributed by atoms with Crippen LogP contribution in [0.1, 0.15) is 245 Å². The molecule has 1 aliphatic heterocycles. The van der Waals surface area contributed by atoms with Gasteiger partial charge in [-0.25, -0.2) is 4.18 Å². The molecule has 0 aromatic carbocycles. The Hall–Kier alpha value is -0.900. The van der Waals surface area contributed by atoms with Crippen LogP contribution in [-0.4, -0.2) is 95.4 Å². The highest BCUT2D eigenvalue weighted by atomic mass is 32.3. The smallest absolute Gasteiger partial charge is 0.394 e. The Bertz CT molecular complexity index is 1100. The van der Waals surface area contributed by atoms with Gasteiger partial charge < -0.3 is 35.2 Å². The number of carbonyl (C=O) groups excluding carboxylic acids is 1. The number of hydrogen-bond acceptors (Lipinski definition) is 10. The second-order valence-corrected chi connectivity index (χ2v) is 19.2. The van der Waals surface area contributed by atoms with Crippen LogP contribution in [-0.2, 0) is 28.9 Å². The fourth-order valence-electron chi connectivity index (χ4n) is 8.46. The number of aliphatic hydroxyl groups is 4. The molecule has 7 atom stereocenters. The lowest BCUT2D eigenvalue weighted by molar-refractivity contribution is -0.298. The van der Waals surface area contributed by atoms with Crippen LogP contribution in [0.25, 0.3) is 0 Å². The minimum absolute atomic E-state index is 0.225. The van der Waals surface area contributed by atoms with Crippen LogP contribution in [0, 0.1) is 0 Å². The van der Waals surface area contributed by atoms with E-state index >= 15 is 0 Å². The Kier molecular flexibility index (Phi) is 37.6. The predicted molar refractivity (Wildman–Crippen MR) is 246 cm³/mol. The highest BCUT2D eigenvalue weighted by molar-refractivity contribution is 7.80. The van der Waals surface area contributed by atoms with Crippen molar-refractivity contribution in [1.82, 2.24) is 5.32 Å². The van der Waals surface area contributed by atoms with Gasteiger partial charge in [-0.2, -0.15) is 8.42 Å². The molecular formula is C48H95NO11S. The second-order valence-electron chi connectivity index (χ2n) is 18.1. The molecule has 1 amide bonds. The molecule has 1 aliphatic rings. The Morgan fingerprint density at radius 1 is 0.590 bits per heavy atom. The van der Waals surface area contributed by atoms with Gasteiger partial charge in [0.05, 0.1) is 25.4 Å². The molecule has 1 rings (SSSR count). The van der Waals surface area contributed by atoms with Crippen LogP contribution in [0.5, 0.6) is 0 Å². The van der Waals surface area contributed by atoms with Crippen LogP contribution in [0.3, 0.4) is 0 Å². The third-order valence-electron chi connectivity index (χ3n) is 12.4. The molecule has 0 bridgehead atoms. The molecule has 1 heterocycles. The number of rotatable bonds is 44. The zero-order valence-electron chi connectivity index (χ0n) is 39.0. The molecule has 7 unspecified atom stereocenters. The highest BCUT2D eigenvalue weighted by Crippen LogP contribution is 2.26. The first-order chi connectivity index (χ1) is 29.5. The number of aliphatic hydroxyl groups excluding tert-OH is 4. The minimum Gasteiger partial charge on any atom is -0.394 e. The average Bonchev–Trinajstić information content (AvgIpc) is 3.23. The Labute approximate surface area is 373 Å². The van der Waals surface area contributed by atoms with E-state index in [9.17, 15) is 38.2 Å². The Morgan fingerprint density at radius 3 is 1.31 bits per heavy atom. The van der Waals surface area contributed by atoms with E-state index in [4.69, 9.17) is 9.47 Å². The van der Waals surface area contributed by atoms with Gasteiger partial charge in [0.1, 0.15) is 24.4 Å². The maximum absolute atomic E-state index is 13.1. The SMILES string of the molecule is CCCCCCCCCCCCCCCCCCCCCC(O)C(COC1OC(CO)C(O)C(OS(=O)(=O)O)C1O)NC(=O)CCCCCCCCCCCCCCCCC. The predicted octanol–water partition coefficient (Wildman–Crippen LogP) is 10.6. The first-order valence-corrected chi connectivity index (χ1v) is 26.8. The monoisotopic (exact) mass is 894 g/mol. The lowest BCUT2D eigenvalue weighted by Crippen LogP contribution is -2.61. The van der Waals surface area contributed by atoms with E-state index in [-0.39, 0.29) is 12.5 Å². The molecule has 12 nitrogen and oxygen atoms in total. The summed E-state index contributed by atoms with van der Waals surface area (Å²) in [6.45, 7) is 3.48. The summed E-state index contributed by atoms with van der Waals surface area (Å²) >= 11 is 0. The van der Waals surface area contributed by atoms with Crippen LogP contribution in [0.2, 0.25) is 0 Å². The third kappa shape index (κ3) is 32.4. The van der Waals surface area contributed by atoms with Crippen molar-refractivity contribution in [2.75, 3.05) is 13.2 Å². The Morgan fingerprint density at radius 2 is 0.951 bits per heavy atom. The molecule has 6 N–H and O–H groups in total. The molecule has 0 radical (unpaired) electrons. The van der Waals surface area contributed by atoms with E-state index in [1.165, 1.54) is 167 Å². The van der Waals surface area contributed by atoms with Crippen molar-refractivity contribution in [2.24, 2.45) is 0 Å². The molecule has 13 heteroatoms. The van der Waals surface area contributed by atoms with Crippen LogP contribution in [0.4, 0.5) is 0 Å². The molecule has 1 fully saturated rings. The summed E-state index contributed by atoms with van der Waals surface area (Å²) in [4.78, 5) is 13.1. The molecular weight excluding hydrogens is 799 g/mol. The van der Waals surface area contributed by atoms with Crippen LogP contribution in [0.15, 0.2) is 0 Å². The number of amides is 1. The normalized spacial score (nSPS) is 20.5. The molecule has 0 spiro atoms. The summed E-state index contributed by atoms with van der Waals surface area (Å²) in [6.07, 6.45) is 33.8. The van der Waals surface area contributed by atoms with Gasteiger partial charge in [-0.05, 0) is 12.8 Å². The number of nitrogens with one attached hydrogen (secondary N) is 1. The molecule has 0 aromatic heterocycles. The quantitative estimate of drug-likeness (QED) is 0.0252. The van der Waals surface area contributed by atoms with E-state index in [1.54, 1.807) is 0 Å². The van der Waals surface area contributed by atoms with Crippen molar-refractivity contribution >= 4 is 16.3 Å². The van der Waals surface area contributed by atoms with E-state index in [1.807, 2.05) is 0 Å². The van der Waals surface area contributed by atoms with E-state index < -0.39 is 59.9 Å².